The van der Waals surface area contributed by atoms with Gasteiger partial charge >= 0.3 is 12.3 Å². The summed E-state index contributed by atoms with van der Waals surface area (Å²) in [6.45, 7) is 3.92. The quantitative estimate of drug-likeness (QED) is 0.662. The number of nitrogens with zero attached hydrogens (tertiary/aromatic N) is 2. The summed E-state index contributed by atoms with van der Waals surface area (Å²) in [6.07, 6.45) is -3.73. The van der Waals surface area contributed by atoms with Gasteiger partial charge in [0.15, 0.2) is 0 Å². The summed E-state index contributed by atoms with van der Waals surface area (Å²) < 4.78 is 49.8. The summed E-state index contributed by atoms with van der Waals surface area (Å²) >= 11 is 5.85. The molecule has 0 aliphatic heterocycles. The Hall–Kier alpha value is -1.11. The first-order valence-electron chi connectivity index (χ1n) is 5.59. The van der Waals surface area contributed by atoms with Crippen molar-refractivity contribution in [2.24, 2.45) is 0 Å². The van der Waals surface area contributed by atoms with Gasteiger partial charge in [-0.2, -0.15) is 8.78 Å². The first-order chi connectivity index (χ1) is 8.65. The Labute approximate surface area is 113 Å². The maximum atomic E-state index is 12.8. The minimum atomic E-state index is -4.12. The Morgan fingerprint density at radius 2 is 1.84 bits per heavy atom. The first-order valence-corrected chi connectivity index (χ1v) is 5.96. The normalized spacial score (nSPS) is 12.3. The molecule has 0 unspecified atom stereocenters. The van der Waals surface area contributed by atoms with Crippen molar-refractivity contribution >= 4 is 17.4 Å². The van der Waals surface area contributed by atoms with E-state index in [4.69, 9.17) is 11.6 Å². The SMILES string of the molecule is Cc1c(Cl)nc(C(C)C)nc1NCC(F)(F)C(F)F. The number of halogens is 5. The summed E-state index contributed by atoms with van der Waals surface area (Å²) in [5.41, 5.74) is 0.344. The number of hydrogen-bond acceptors (Lipinski definition) is 3. The molecule has 0 radical (unpaired) electrons. The lowest BCUT2D eigenvalue weighted by atomic mass is 10.2. The van der Waals surface area contributed by atoms with Gasteiger partial charge in [-0.25, -0.2) is 18.7 Å². The lowest BCUT2D eigenvalue weighted by molar-refractivity contribution is -0.117. The molecule has 0 atom stereocenters. The number of alkyl halides is 4. The molecule has 19 heavy (non-hydrogen) atoms. The van der Waals surface area contributed by atoms with Crippen LogP contribution in [0.4, 0.5) is 23.4 Å². The summed E-state index contributed by atoms with van der Waals surface area (Å²) in [6, 6.07) is 0. The molecule has 0 saturated heterocycles. The fourth-order valence-corrected chi connectivity index (χ4v) is 1.39. The van der Waals surface area contributed by atoms with E-state index in [-0.39, 0.29) is 16.9 Å². The van der Waals surface area contributed by atoms with Crippen LogP contribution in [0.1, 0.15) is 31.2 Å². The Morgan fingerprint density at radius 1 is 1.26 bits per heavy atom. The predicted octanol–water partition coefficient (Wildman–Crippen LogP) is 3.87. The van der Waals surface area contributed by atoms with E-state index in [1.54, 1.807) is 13.8 Å². The van der Waals surface area contributed by atoms with Crippen molar-refractivity contribution in [3.8, 4) is 0 Å². The summed E-state index contributed by atoms with van der Waals surface area (Å²) in [5, 5.41) is 2.32. The van der Waals surface area contributed by atoms with E-state index in [2.05, 4.69) is 15.3 Å². The van der Waals surface area contributed by atoms with E-state index in [1.165, 1.54) is 6.92 Å². The minimum absolute atomic E-state index is 0.0454. The average Bonchev–Trinajstić information content (AvgIpc) is 2.30. The van der Waals surface area contributed by atoms with Crippen LogP contribution in [-0.4, -0.2) is 28.9 Å². The molecule has 0 fully saturated rings. The van der Waals surface area contributed by atoms with Crippen molar-refractivity contribution in [3.63, 3.8) is 0 Å². The second kappa shape index (κ2) is 5.90. The molecule has 0 bridgehead atoms. The Morgan fingerprint density at radius 3 is 2.32 bits per heavy atom. The van der Waals surface area contributed by atoms with E-state index in [0.29, 0.717) is 11.4 Å². The van der Waals surface area contributed by atoms with Gasteiger partial charge in [0.2, 0.25) is 0 Å². The molecule has 3 nitrogen and oxygen atoms in total. The van der Waals surface area contributed by atoms with Crippen molar-refractivity contribution in [1.29, 1.82) is 0 Å². The summed E-state index contributed by atoms with van der Waals surface area (Å²) in [4.78, 5) is 8.00. The molecule has 108 valence electrons. The maximum Gasteiger partial charge on any atom is 0.324 e. The van der Waals surface area contributed by atoms with Crippen molar-refractivity contribution in [1.82, 2.24) is 9.97 Å². The molecule has 0 saturated carbocycles. The number of hydrogen-bond donors (Lipinski definition) is 1. The molecule has 0 aliphatic rings. The van der Waals surface area contributed by atoms with Crippen LogP contribution in [0.5, 0.6) is 0 Å². The highest BCUT2D eigenvalue weighted by Gasteiger charge is 2.40. The third-order valence-corrected chi connectivity index (χ3v) is 2.80. The molecule has 1 N–H and O–H groups in total. The minimum Gasteiger partial charge on any atom is -0.363 e. The number of anilines is 1. The van der Waals surface area contributed by atoms with Gasteiger partial charge in [0, 0.05) is 11.5 Å². The average molecular weight is 300 g/mol. The van der Waals surface area contributed by atoms with Crippen molar-refractivity contribution < 1.29 is 17.6 Å². The van der Waals surface area contributed by atoms with Crippen LogP contribution < -0.4 is 5.32 Å². The highest BCUT2D eigenvalue weighted by molar-refractivity contribution is 6.30. The number of nitrogens with one attached hydrogen (secondary N) is 1. The van der Waals surface area contributed by atoms with Gasteiger partial charge in [-0.15, -0.1) is 0 Å². The van der Waals surface area contributed by atoms with Crippen LogP contribution in [0, 0.1) is 6.92 Å². The second-order valence-corrected chi connectivity index (χ2v) is 4.77. The first kappa shape index (κ1) is 15.9. The molecule has 1 aromatic rings. The summed E-state index contributed by atoms with van der Waals surface area (Å²) in [5.74, 6) is -3.78. The zero-order chi connectivity index (χ0) is 14.8. The van der Waals surface area contributed by atoms with Gasteiger partial charge in [0.1, 0.15) is 16.8 Å². The second-order valence-electron chi connectivity index (χ2n) is 4.42. The molecular formula is C11H14ClF4N3. The van der Waals surface area contributed by atoms with Crippen molar-refractivity contribution in [2.45, 2.75) is 39.0 Å². The molecule has 1 heterocycles. The monoisotopic (exact) mass is 299 g/mol. The standard InChI is InChI=1S/C11H14ClF4N3/c1-5(2)8-18-7(12)6(3)9(19-8)17-4-11(15,16)10(13)14/h5,10H,4H2,1-3H3,(H,17,18,19). The van der Waals surface area contributed by atoms with Gasteiger partial charge in [0.05, 0.1) is 6.54 Å². The van der Waals surface area contributed by atoms with Crippen molar-refractivity contribution in [3.05, 3.63) is 16.5 Å². The molecule has 1 rings (SSSR count). The van der Waals surface area contributed by atoms with Crippen molar-refractivity contribution in [2.75, 3.05) is 11.9 Å². The van der Waals surface area contributed by atoms with Crippen LogP contribution in [0.3, 0.4) is 0 Å². The van der Waals surface area contributed by atoms with Crippen LogP contribution in [0.25, 0.3) is 0 Å². The Balaban J connectivity index is 2.95. The lowest BCUT2D eigenvalue weighted by Gasteiger charge is -2.18. The number of aromatic nitrogens is 2. The van der Waals surface area contributed by atoms with Gasteiger partial charge < -0.3 is 5.32 Å². The molecule has 0 spiro atoms. The van der Waals surface area contributed by atoms with E-state index >= 15 is 0 Å². The predicted molar refractivity (Wildman–Crippen MR) is 65.3 cm³/mol. The maximum absolute atomic E-state index is 12.8. The highest BCUT2D eigenvalue weighted by atomic mass is 35.5. The highest BCUT2D eigenvalue weighted by Crippen LogP contribution is 2.26. The third-order valence-electron chi connectivity index (χ3n) is 2.43. The zero-order valence-electron chi connectivity index (χ0n) is 10.6. The fourth-order valence-electron chi connectivity index (χ4n) is 1.21. The Bertz CT molecular complexity index is 452. The summed E-state index contributed by atoms with van der Waals surface area (Å²) in [7, 11) is 0. The zero-order valence-corrected chi connectivity index (χ0v) is 11.4. The topological polar surface area (TPSA) is 37.8 Å². The van der Waals surface area contributed by atoms with Crippen LogP contribution in [0.2, 0.25) is 5.15 Å². The molecule has 0 aliphatic carbocycles. The van der Waals surface area contributed by atoms with Gasteiger partial charge in [-0.1, -0.05) is 25.4 Å². The van der Waals surface area contributed by atoms with E-state index in [1.807, 2.05) is 0 Å². The smallest absolute Gasteiger partial charge is 0.324 e. The van der Waals surface area contributed by atoms with E-state index in [9.17, 15) is 17.6 Å². The lowest BCUT2D eigenvalue weighted by Crippen LogP contribution is -2.35. The Kier molecular flexibility index (Phi) is 4.95. The van der Waals surface area contributed by atoms with Crippen LogP contribution >= 0.6 is 11.6 Å². The van der Waals surface area contributed by atoms with E-state index < -0.39 is 18.9 Å². The van der Waals surface area contributed by atoms with Gasteiger partial charge in [-0.05, 0) is 6.92 Å². The number of rotatable bonds is 5. The van der Waals surface area contributed by atoms with Crippen LogP contribution in [-0.2, 0) is 0 Å². The fraction of sp³-hybridized carbons (Fsp3) is 0.636. The van der Waals surface area contributed by atoms with Gasteiger partial charge in [-0.3, -0.25) is 0 Å². The van der Waals surface area contributed by atoms with Gasteiger partial charge in [0.25, 0.3) is 0 Å². The molecule has 1 aromatic heterocycles. The largest absolute Gasteiger partial charge is 0.363 e. The molecule has 0 amide bonds. The molecule has 8 heteroatoms. The third kappa shape index (κ3) is 3.92. The van der Waals surface area contributed by atoms with E-state index in [0.717, 1.165) is 0 Å². The molecule has 0 aromatic carbocycles. The van der Waals surface area contributed by atoms with Crippen LogP contribution in [0.15, 0.2) is 0 Å². The molecular weight excluding hydrogens is 286 g/mol.